The van der Waals surface area contributed by atoms with Crippen molar-refractivity contribution in [3.05, 3.63) is 54.4 Å². The van der Waals surface area contributed by atoms with Gasteiger partial charge in [0.1, 0.15) is 0 Å². The van der Waals surface area contributed by atoms with E-state index < -0.39 is 0 Å². The standard InChI is InChI=1S/C16H18N4O/c1-21-10-9-17-11-14-12-20(19-18-14)16-8-4-6-13-5-2-3-7-15(13)16/h2-8,12,17H,9-11H2,1H3. The molecule has 0 unspecified atom stereocenters. The molecule has 0 radical (unpaired) electrons. The maximum absolute atomic E-state index is 5.00. The molecule has 2 aromatic carbocycles. The van der Waals surface area contributed by atoms with Crippen LogP contribution in [0.5, 0.6) is 0 Å². The zero-order chi connectivity index (χ0) is 14.5. The van der Waals surface area contributed by atoms with E-state index in [0.717, 1.165) is 17.9 Å². The van der Waals surface area contributed by atoms with Crippen molar-refractivity contribution in [2.45, 2.75) is 6.54 Å². The molecular formula is C16H18N4O. The van der Waals surface area contributed by atoms with E-state index in [2.05, 4.69) is 39.9 Å². The second-order valence-electron chi connectivity index (χ2n) is 4.82. The predicted molar refractivity (Wildman–Crippen MR) is 82.4 cm³/mol. The van der Waals surface area contributed by atoms with Crippen LogP contribution in [0.1, 0.15) is 5.69 Å². The molecule has 0 spiro atoms. The van der Waals surface area contributed by atoms with Gasteiger partial charge in [-0.2, -0.15) is 0 Å². The first kappa shape index (κ1) is 13.7. The molecule has 0 aliphatic rings. The summed E-state index contributed by atoms with van der Waals surface area (Å²) in [7, 11) is 1.69. The first-order valence-electron chi connectivity index (χ1n) is 6.97. The summed E-state index contributed by atoms with van der Waals surface area (Å²) in [5.74, 6) is 0. The summed E-state index contributed by atoms with van der Waals surface area (Å²) in [5, 5.41) is 14.1. The van der Waals surface area contributed by atoms with E-state index in [9.17, 15) is 0 Å². The van der Waals surface area contributed by atoms with Gasteiger partial charge in [0, 0.05) is 25.6 Å². The predicted octanol–water partition coefficient (Wildman–Crippen LogP) is 2.16. The summed E-state index contributed by atoms with van der Waals surface area (Å²) in [5.41, 5.74) is 1.96. The fourth-order valence-electron chi connectivity index (χ4n) is 2.30. The maximum atomic E-state index is 5.00. The van der Waals surface area contributed by atoms with Gasteiger partial charge in [-0.25, -0.2) is 4.68 Å². The molecule has 0 bridgehead atoms. The number of benzene rings is 2. The normalized spacial score (nSPS) is 11.1. The molecule has 5 heteroatoms. The fourth-order valence-corrected chi connectivity index (χ4v) is 2.30. The second-order valence-corrected chi connectivity index (χ2v) is 4.82. The van der Waals surface area contributed by atoms with Crippen molar-refractivity contribution < 1.29 is 4.74 Å². The Kier molecular flexibility index (Phi) is 4.23. The van der Waals surface area contributed by atoms with Crippen molar-refractivity contribution in [2.75, 3.05) is 20.3 Å². The molecule has 3 rings (SSSR count). The van der Waals surface area contributed by atoms with Crippen LogP contribution in [0.15, 0.2) is 48.7 Å². The Morgan fingerprint density at radius 2 is 2.00 bits per heavy atom. The molecule has 1 heterocycles. The highest BCUT2D eigenvalue weighted by Crippen LogP contribution is 2.21. The number of nitrogens with zero attached hydrogens (tertiary/aromatic N) is 3. The molecule has 0 fully saturated rings. The Labute approximate surface area is 123 Å². The molecule has 3 aromatic rings. The van der Waals surface area contributed by atoms with Crippen LogP contribution in [0.25, 0.3) is 16.5 Å². The van der Waals surface area contributed by atoms with Crippen LogP contribution in [-0.4, -0.2) is 35.3 Å². The summed E-state index contributed by atoms with van der Waals surface area (Å²) < 4.78 is 6.83. The van der Waals surface area contributed by atoms with Crippen molar-refractivity contribution in [1.29, 1.82) is 0 Å². The number of nitrogens with one attached hydrogen (secondary N) is 1. The molecule has 5 nitrogen and oxygen atoms in total. The van der Waals surface area contributed by atoms with E-state index in [4.69, 9.17) is 4.74 Å². The topological polar surface area (TPSA) is 52.0 Å². The highest BCUT2D eigenvalue weighted by atomic mass is 16.5. The van der Waals surface area contributed by atoms with Gasteiger partial charge in [-0.3, -0.25) is 0 Å². The Bertz CT molecular complexity index is 718. The number of aromatic nitrogens is 3. The highest BCUT2D eigenvalue weighted by Gasteiger charge is 2.06. The van der Waals surface area contributed by atoms with Crippen LogP contribution in [0.3, 0.4) is 0 Å². The summed E-state index contributed by atoms with van der Waals surface area (Å²) >= 11 is 0. The molecule has 1 N–H and O–H groups in total. The molecular weight excluding hydrogens is 264 g/mol. The number of methoxy groups -OCH3 is 1. The summed E-state index contributed by atoms with van der Waals surface area (Å²) in [6.07, 6.45) is 1.96. The van der Waals surface area contributed by atoms with Gasteiger partial charge in [-0.15, -0.1) is 5.10 Å². The van der Waals surface area contributed by atoms with E-state index >= 15 is 0 Å². The Hall–Kier alpha value is -2.24. The Morgan fingerprint density at radius 1 is 1.14 bits per heavy atom. The minimum atomic E-state index is 0.689. The monoisotopic (exact) mass is 282 g/mol. The SMILES string of the molecule is COCCNCc1cn(-c2cccc3ccccc23)nn1. The van der Waals surface area contributed by atoms with Gasteiger partial charge < -0.3 is 10.1 Å². The smallest absolute Gasteiger partial charge is 0.0969 e. The minimum Gasteiger partial charge on any atom is -0.383 e. The second kappa shape index (κ2) is 6.47. The fraction of sp³-hybridized carbons (Fsp3) is 0.250. The van der Waals surface area contributed by atoms with E-state index in [-0.39, 0.29) is 0 Å². The number of rotatable bonds is 6. The summed E-state index contributed by atoms with van der Waals surface area (Å²) in [6.45, 7) is 2.18. The average Bonchev–Trinajstić information content (AvgIpc) is 3.00. The molecule has 0 aliphatic heterocycles. The lowest BCUT2D eigenvalue weighted by Crippen LogP contribution is -2.18. The van der Waals surface area contributed by atoms with Gasteiger partial charge in [0.25, 0.3) is 0 Å². The van der Waals surface area contributed by atoms with Crippen LogP contribution in [-0.2, 0) is 11.3 Å². The first-order valence-corrected chi connectivity index (χ1v) is 6.97. The van der Waals surface area contributed by atoms with Crippen molar-refractivity contribution >= 4 is 10.8 Å². The van der Waals surface area contributed by atoms with Crippen molar-refractivity contribution in [3.63, 3.8) is 0 Å². The number of ether oxygens (including phenoxy) is 1. The van der Waals surface area contributed by atoms with Gasteiger partial charge in [-0.05, 0) is 11.5 Å². The van der Waals surface area contributed by atoms with E-state index in [1.54, 1.807) is 7.11 Å². The Balaban J connectivity index is 1.81. The average molecular weight is 282 g/mol. The molecule has 108 valence electrons. The van der Waals surface area contributed by atoms with Crippen LogP contribution in [0.4, 0.5) is 0 Å². The van der Waals surface area contributed by atoms with Gasteiger partial charge in [-0.1, -0.05) is 41.6 Å². The van der Waals surface area contributed by atoms with E-state index in [0.29, 0.717) is 13.2 Å². The first-order chi connectivity index (χ1) is 10.4. The number of hydrogen-bond acceptors (Lipinski definition) is 4. The molecule has 0 amide bonds. The van der Waals surface area contributed by atoms with Crippen LogP contribution < -0.4 is 5.32 Å². The summed E-state index contributed by atoms with van der Waals surface area (Å²) in [4.78, 5) is 0. The molecule has 0 saturated heterocycles. The van der Waals surface area contributed by atoms with Crippen molar-refractivity contribution in [1.82, 2.24) is 20.3 Å². The lowest BCUT2D eigenvalue weighted by Gasteiger charge is -2.05. The maximum Gasteiger partial charge on any atom is 0.0969 e. The zero-order valence-corrected chi connectivity index (χ0v) is 12.0. The lowest BCUT2D eigenvalue weighted by atomic mass is 10.1. The van der Waals surface area contributed by atoms with Gasteiger partial charge >= 0.3 is 0 Å². The lowest BCUT2D eigenvalue weighted by molar-refractivity contribution is 0.199. The molecule has 21 heavy (non-hydrogen) atoms. The number of hydrogen-bond donors (Lipinski definition) is 1. The minimum absolute atomic E-state index is 0.689. The molecule has 0 aliphatic carbocycles. The van der Waals surface area contributed by atoms with E-state index in [1.165, 1.54) is 10.8 Å². The third-order valence-electron chi connectivity index (χ3n) is 3.34. The summed E-state index contributed by atoms with van der Waals surface area (Å²) in [6, 6.07) is 14.5. The quantitative estimate of drug-likeness (QED) is 0.704. The third kappa shape index (κ3) is 3.09. The molecule has 0 saturated carbocycles. The van der Waals surface area contributed by atoms with Crippen molar-refractivity contribution in [2.24, 2.45) is 0 Å². The number of fused-ring (bicyclic) bond motifs is 1. The molecule has 0 atom stereocenters. The van der Waals surface area contributed by atoms with Gasteiger partial charge in [0.05, 0.1) is 24.2 Å². The zero-order valence-electron chi connectivity index (χ0n) is 12.0. The third-order valence-corrected chi connectivity index (χ3v) is 3.34. The van der Waals surface area contributed by atoms with Crippen LogP contribution in [0.2, 0.25) is 0 Å². The van der Waals surface area contributed by atoms with Crippen molar-refractivity contribution in [3.8, 4) is 5.69 Å². The molecule has 1 aromatic heterocycles. The van der Waals surface area contributed by atoms with Gasteiger partial charge in [0.2, 0.25) is 0 Å². The highest BCUT2D eigenvalue weighted by molar-refractivity contribution is 5.89. The van der Waals surface area contributed by atoms with Crippen LogP contribution >= 0.6 is 0 Å². The van der Waals surface area contributed by atoms with Crippen LogP contribution in [0, 0.1) is 0 Å². The Morgan fingerprint density at radius 3 is 2.90 bits per heavy atom. The van der Waals surface area contributed by atoms with E-state index in [1.807, 2.05) is 29.1 Å². The largest absolute Gasteiger partial charge is 0.383 e. The van der Waals surface area contributed by atoms with Gasteiger partial charge in [0.15, 0.2) is 0 Å².